The molecule has 0 radical (unpaired) electrons. The van der Waals surface area contributed by atoms with Crippen LogP contribution in [0.3, 0.4) is 0 Å². The molecule has 1 fully saturated rings. The number of carbonyl (C=O) groups is 2. The molecule has 1 aliphatic heterocycles. The highest BCUT2D eigenvalue weighted by atomic mass is 16.5. The summed E-state index contributed by atoms with van der Waals surface area (Å²) in [5, 5.41) is 11.5. The van der Waals surface area contributed by atoms with Crippen molar-refractivity contribution in [2.75, 3.05) is 26.3 Å². The number of nitrogens with zero attached hydrogens (tertiary/aromatic N) is 2. The van der Waals surface area contributed by atoms with Gasteiger partial charge < -0.3 is 15.0 Å². The monoisotopic (exact) mass is 287 g/mol. The maximum atomic E-state index is 12.2. The van der Waals surface area contributed by atoms with E-state index in [9.17, 15) is 9.59 Å². The van der Waals surface area contributed by atoms with Crippen molar-refractivity contribution in [2.45, 2.75) is 13.0 Å². The average molecular weight is 287 g/mol. The van der Waals surface area contributed by atoms with Crippen LogP contribution in [0.1, 0.15) is 22.8 Å². The highest BCUT2D eigenvalue weighted by Gasteiger charge is 2.23. The molecule has 0 saturated carbocycles. The predicted molar refractivity (Wildman–Crippen MR) is 75.5 cm³/mol. The van der Waals surface area contributed by atoms with Crippen molar-refractivity contribution < 1.29 is 14.3 Å². The number of nitriles is 1. The minimum atomic E-state index is -0.610. The number of rotatable bonds is 3. The van der Waals surface area contributed by atoms with Crippen LogP contribution in [0.15, 0.2) is 24.3 Å². The Labute approximate surface area is 123 Å². The van der Waals surface area contributed by atoms with Crippen LogP contribution in [0.4, 0.5) is 0 Å². The van der Waals surface area contributed by atoms with Crippen LogP contribution in [0.2, 0.25) is 0 Å². The number of morpholine rings is 1. The zero-order chi connectivity index (χ0) is 15.2. The van der Waals surface area contributed by atoms with E-state index in [0.29, 0.717) is 37.4 Å². The zero-order valence-electron chi connectivity index (χ0n) is 11.8. The molecule has 6 heteroatoms. The number of ether oxygens (including phenoxy) is 1. The van der Waals surface area contributed by atoms with Crippen LogP contribution in [0.25, 0.3) is 0 Å². The van der Waals surface area contributed by atoms with Crippen molar-refractivity contribution in [2.24, 2.45) is 0 Å². The second-order valence-corrected chi connectivity index (χ2v) is 4.83. The summed E-state index contributed by atoms with van der Waals surface area (Å²) in [4.78, 5) is 26.0. The second kappa shape index (κ2) is 6.86. The van der Waals surface area contributed by atoms with Crippen LogP contribution < -0.4 is 5.32 Å². The predicted octanol–water partition coefficient (Wildman–Crippen LogP) is 0.535. The summed E-state index contributed by atoms with van der Waals surface area (Å²) in [6, 6.07) is 7.75. The van der Waals surface area contributed by atoms with E-state index in [1.165, 1.54) is 6.07 Å². The van der Waals surface area contributed by atoms with Crippen LogP contribution in [-0.4, -0.2) is 49.1 Å². The van der Waals surface area contributed by atoms with E-state index in [0.717, 1.165) is 0 Å². The van der Waals surface area contributed by atoms with Crippen molar-refractivity contribution >= 4 is 11.8 Å². The van der Waals surface area contributed by atoms with Crippen molar-refractivity contribution in [3.63, 3.8) is 0 Å². The van der Waals surface area contributed by atoms with Gasteiger partial charge in [-0.2, -0.15) is 5.26 Å². The molecule has 1 aromatic rings. The fourth-order valence-corrected chi connectivity index (χ4v) is 2.13. The first-order chi connectivity index (χ1) is 10.1. The van der Waals surface area contributed by atoms with Crippen molar-refractivity contribution in [1.29, 1.82) is 5.26 Å². The fraction of sp³-hybridized carbons (Fsp3) is 0.400. The van der Waals surface area contributed by atoms with Crippen LogP contribution in [0, 0.1) is 11.3 Å². The summed E-state index contributed by atoms with van der Waals surface area (Å²) in [5.74, 6) is -0.482. The summed E-state index contributed by atoms with van der Waals surface area (Å²) < 4.78 is 5.19. The quantitative estimate of drug-likeness (QED) is 0.879. The van der Waals surface area contributed by atoms with E-state index in [1.54, 1.807) is 30.0 Å². The third-order valence-electron chi connectivity index (χ3n) is 3.29. The van der Waals surface area contributed by atoms with Gasteiger partial charge in [0, 0.05) is 18.7 Å². The van der Waals surface area contributed by atoms with Gasteiger partial charge in [0.15, 0.2) is 0 Å². The van der Waals surface area contributed by atoms with Crippen LogP contribution >= 0.6 is 0 Å². The van der Waals surface area contributed by atoms with Crippen molar-refractivity contribution in [3.8, 4) is 6.07 Å². The number of carbonyl (C=O) groups excluding carboxylic acids is 2. The highest BCUT2D eigenvalue weighted by Crippen LogP contribution is 2.06. The number of benzene rings is 1. The Hall–Kier alpha value is -2.39. The molecule has 1 atom stereocenters. The minimum absolute atomic E-state index is 0.122. The lowest BCUT2D eigenvalue weighted by Gasteiger charge is -2.29. The third kappa shape index (κ3) is 3.80. The molecule has 2 rings (SSSR count). The van der Waals surface area contributed by atoms with Gasteiger partial charge in [-0.05, 0) is 25.1 Å². The standard InChI is InChI=1S/C15H17N3O3/c1-11(15(20)18-5-7-21-8-6-18)17-14(19)13-4-2-3-12(9-13)10-16/h2-4,9,11H,5-8H2,1H3,(H,17,19). The highest BCUT2D eigenvalue weighted by molar-refractivity contribution is 5.97. The molecule has 0 aliphatic carbocycles. The molecular weight excluding hydrogens is 270 g/mol. The molecule has 2 amide bonds. The van der Waals surface area contributed by atoms with Crippen LogP contribution in [-0.2, 0) is 9.53 Å². The Balaban J connectivity index is 1.98. The molecular formula is C15H17N3O3. The van der Waals surface area contributed by atoms with E-state index < -0.39 is 6.04 Å². The Morgan fingerprint density at radius 1 is 1.38 bits per heavy atom. The second-order valence-electron chi connectivity index (χ2n) is 4.83. The molecule has 1 unspecified atom stereocenters. The van der Waals surface area contributed by atoms with Gasteiger partial charge in [-0.15, -0.1) is 0 Å². The summed E-state index contributed by atoms with van der Waals surface area (Å²) in [5.41, 5.74) is 0.783. The van der Waals surface area contributed by atoms with Gasteiger partial charge in [-0.25, -0.2) is 0 Å². The van der Waals surface area contributed by atoms with E-state index in [-0.39, 0.29) is 11.8 Å². The molecule has 0 spiro atoms. The maximum Gasteiger partial charge on any atom is 0.251 e. The van der Waals surface area contributed by atoms with Gasteiger partial charge >= 0.3 is 0 Å². The summed E-state index contributed by atoms with van der Waals surface area (Å²) >= 11 is 0. The fourth-order valence-electron chi connectivity index (χ4n) is 2.13. The molecule has 1 heterocycles. The van der Waals surface area contributed by atoms with Gasteiger partial charge in [0.1, 0.15) is 6.04 Å². The Morgan fingerprint density at radius 3 is 2.76 bits per heavy atom. The topological polar surface area (TPSA) is 82.4 Å². The Bertz CT molecular complexity index is 574. The number of nitrogens with one attached hydrogen (secondary N) is 1. The minimum Gasteiger partial charge on any atom is -0.378 e. The lowest BCUT2D eigenvalue weighted by Crippen LogP contribution is -2.50. The normalized spacial score (nSPS) is 15.9. The lowest BCUT2D eigenvalue weighted by molar-refractivity contribution is -0.136. The molecule has 1 aromatic carbocycles. The number of hydrogen-bond acceptors (Lipinski definition) is 4. The molecule has 6 nitrogen and oxygen atoms in total. The van der Waals surface area contributed by atoms with Gasteiger partial charge in [0.2, 0.25) is 5.91 Å². The Morgan fingerprint density at radius 2 is 2.10 bits per heavy atom. The van der Waals surface area contributed by atoms with Crippen molar-refractivity contribution in [3.05, 3.63) is 35.4 Å². The molecule has 0 aromatic heterocycles. The molecule has 0 bridgehead atoms. The third-order valence-corrected chi connectivity index (χ3v) is 3.29. The first-order valence-electron chi connectivity index (χ1n) is 6.79. The first kappa shape index (κ1) is 15.0. The first-order valence-corrected chi connectivity index (χ1v) is 6.79. The number of amides is 2. The van der Waals surface area contributed by atoms with E-state index >= 15 is 0 Å². The zero-order valence-corrected chi connectivity index (χ0v) is 11.8. The summed E-state index contributed by atoms with van der Waals surface area (Å²) in [7, 11) is 0. The lowest BCUT2D eigenvalue weighted by atomic mass is 10.1. The van der Waals surface area contributed by atoms with Crippen molar-refractivity contribution in [1.82, 2.24) is 10.2 Å². The maximum absolute atomic E-state index is 12.2. The molecule has 110 valence electrons. The average Bonchev–Trinajstić information content (AvgIpc) is 2.54. The van der Waals surface area contributed by atoms with Crippen LogP contribution in [0.5, 0.6) is 0 Å². The van der Waals surface area contributed by atoms with E-state index in [2.05, 4.69) is 5.32 Å². The SMILES string of the molecule is CC(NC(=O)c1cccc(C#N)c1)C(=O)N1CCOCC1. The summed E-state index contributed by atoms with van der Waals surface area (Å²) in [6.07, 6.45) is 0. The number of hydrogen-bond donors (Lipinski definition) is 1. The molecule has 21 heavy (non-hydrogen) atoms. The van der Waals surface area contributed by atoms with E-state index in [1.807, 2.05) is 6.07 Å². The smallest absolute Gasteiger partial charge is 0.251 e. The summed E-state index contributed by atoms with van der Waals surface area (Å²) in [6.45, 7) is 3.79. The van der Waals surface area contributed by atoms with Gasteiger partial charge in [-0.3, -0.25) is 9.59 Å². The molecule has 1 aliphatic rings. The largest absolute Gasteiger partial charge is 0.378 e. The molecule has 1 N–H and O–H groups in total. The van der Waals surface area contributed by atoms with Gasteiger partial charge in [0.05, 0.1) is 24.8 Å². The van der Waals surface area contributed by atoms with Gasteiger partial charge in [-0.1, -0.05) is 6.07 Å². The van der Waals surface area contributed by atoms with Gasteiger partial charge in [0.25, 0.3) is 5.91 Å². The van der Waals surface area contributed by atoms with E-state index in [4.69, 9.17) is 10.00 Å². The molecule has 1 saturated heterocycles. The Kier molecular flexibility index (Phi) is 4.90.